The maximum atomic E-state index is 11.0. The topological polar surface area (TPSA) is 86.1 Å². The van der Waals surface area contributed by atoms with Crippen molar-refractivity contribution in [3.8, 4) is 0 Å². The van der Waals surface area contributed by atoms with E-state index in [4.69, 9.17) is 10.6 Å². The minimum absolute atomic E-state index is 0.0174. The average molecular weight is 203 g/mol. The SMILES string of the molecule is C=C(N=[N+]=[N-])C(C(=O)O)c1ccccc1. The quantitative estimate of drug-likeness (QED) is 0.463. The van der Waals surface area contributed by atoms with Crippen LogP contribution in [0.25, 0.3) is 10.4 Å². The first-order valence-corrected chi connectivity index (χ1v) is 4.18. The molecule has 0 radical (unpaired) electrons. The fourth-order valence-electron chi connectivity index (χ4n) is 1.24. The van der Waals surface area contributed by atoms with Crippen LogP contribution in [0.1, 0.15) is 11.5 Å². The Labute approximate surface area is 86.3 Å². The summed E-state index contributed by atoms with van der Waals surface area (Å²) in [6, 6.07) is 8.51. The van der Waals surface area contributed by atoms with Crippen LogP contribution in [0.4, 0.5) is 0 Å². The highest BCUT2D eigenvalue weighted by Crippen LogP contribution is 2.24. The molecule has 5 nitrogen and oxygen atoms in total. The molecular formula is C10H9N3O2. The first-order chi connectivity index (χ1) is 7.16. The smallest absolute Gasteiger partial charge is 0.315 e. The normalized spacial score (nSPS) is 11.2. The van der Waals surface area contributed by atoms with Crippen molar-refractivity contribution in [2.75, 3.05) is 0 Å². The number of hydrogen-bond acceptors (Lipinski definition) is 2. The van der Waals surface area contributed by atoms with Crippen molar-refractivity contribution in [2.24, 2.45) is 5.11 Å². The molecule has 0 saturated heterocycles. The Balaban J connectivity index is 3.09. The van der Waals surface area contributed by atoms with Crippen LogP contribution < -0.4 is 0 Å². The van der Waals surface area contributed by atoms with Gasteiger partial charge in [-0.1, -0.05) is 42.0 Å². The third-order valence-electron chi connectivity index (χ3n) is 1.89. The van der Waals surface area contributed by atoms with E-state index in [9.17, 15) is 4.79 Å². The third kappa shape index (κ3) is 2.59. The first-order valence-electron chi connectivity index (χ1n) is 4.18. The largest absolute Gasteiger partial charge is 0.481 e. The molecule has 0 saturated carbocycles. The molecule has 1 aromatic rings. The van der Waals surface area contributed by atoms with Crippen molar-refractivity contribution in [3.63, 3.8) is 0 Å². The molecule has 0 bridgehead atoms. The number of carboxylic acids is 1. The minimum atomic E-state index is -1.08. The molecule has 15 heavy (non-hydrogen) atoms. The van der Waals surface area contributed by atoms with Gasteiger partial charge in [0.25, 0.3) is 0 Å². The molecule has 76 valence electrons. The molecule has 0 spiro atoms. The molecule has 1 unspecified atom stereocenters. The molecule has 0 aromatic heterocycles. The summed E-state index contributed by atoms with van der Waals surface area (Å²) < 4.78 is 0. The van der Waals surface area contributed by atoms with E-state index in [2.05, 4.69) is 16.6 Å². The lowest BCUT2D eigenvalue weighted by Crippen LogP contribution is -2.12. The van der Waals surface area contributed by atoms with Crippen LogP contribution >= 0.6 is 0 Å². The van der Waals surface area contributed by atoms with Gasteiger partial charge in [0.2, 0.25) is 0 Å². The fraction of sp³-hybridized carbons (Fsp3) is 0.100. The van der Waals surface area contributed by atoms with Gasteiger partial charge in [-0.2, -0.15) is 0 Å². The summed E-state index contributed by atoms with van der Waals surface area (Å²) in [5.74, 6) is -2.07. The summed E-state index contributed by atoms with van der Waals surface area (Å²) in [4.78, 5) is 13.5. The summed E-state index contributed by atoms with van der Waals surface area (Å²) in [6.07, 6.45) is 0. The Morgan fingerprint density at radius 1 is 1.47 bits per heavy atom. The van der Waals surface area contributed by atoms with Gasteiger partial charge in [0.1, 0.15) is 5.92 Å². The second-order valence-corrected chi connectivity index (χ2v) is 2.86. The Morgan fingerprint density at radius 2 is 2.07 bits per heavy atom. The van der Waals surface area contributed by atoms with E-state index in [1.165, 1.54) is 0 Å². The minimum Gasteiger partial charge on any atom is -0.481 e. The van der Waals surface area contributed by atoms with Gasteiger partial charge in [-0.05, 0) is 11.1 Å². The molecule has 1 N–H and O–H groups in total. The Morgan fingerprint density at radius 3 is 2.53 bits per heavy atom. The summed E-state index contributed by atoms with van der Waals surface area (Å²) in [7, 11) is 0. The van der Waals surface area contributed by atoms with E-state index < -0.39 is 11.9 Å². The van der Waals surface area contributed by atoms with Crippen molar-refractivity contribution in [2.45, 2.75) is 5.92 Å². The highest BCUT2D eigenvalue weighted by molar-refractivity contribution is 5.79. The van der Waals surface area contributed by atoms with Crippen molar-refractivity contribution >= 4 is 5.97 Å². The van der Waals surface area contributed by atoms with E-state index >= 15 is 0 Å². The molecule has 0 aliphatic heterocycles. The van der Waals surface area contributed by atoms with Crippen molar-refractivity contribution < 1.29 is 9.90 Å². The van der Waals surface area contributed by atoms with Crippen LogP contribution in [0.2, 0.25) is 0 Å². The van der Waals surface area contributed by atoms with Gasteiger partial charge in [-0.25, -0.2) is 0 Å². The number of benzene rings is 1. The molecule has 0 heterocycles. The number of azide groups is 1. The molecular weight excluding hydrogens is 194 g/mol. The maximum Gasteiger partial charge on any atom is 0.315 e. The van der Waals surface area contributed by atoms with Crippen molar-refractivity contribution in [1.82, 2.24) is 0 Å². The zero-order valence-electron chi connectivity index (χ0n) is 7.87. The van der Waals surface area contributed by atoms with Crippen LogP contribution in [0.3, 0.4) is 0 Å². The maximum absolute atomic E-state index is 11.0. The second-order valence-electron chi connectivity index (χ2n) is 2.86. The Kier molecular flexibility index (Phi) is 3.49. The van der Waals surface area contributed by atoms with Crippen LogP contribution in [0.15, 0.2) is 47.7 Å². The molecule has 1 rings (SSSR count). The van der Waals surface area contributed by atoms with Crippen LogP contribution in [0.5, 0.6) is 0 Å². The summed E-state index contributed by atoms with van der Waals surface area (Å²) in [5, 5.41) is 12.2. The lowest BCUT2D eigenvalue weighted by molar-refractivity contribution is -0.137. The molecule has 5 heteroatoms. The van der Waals surface area contributed by atoms with Crippen molar-refractivity contribution in [1.29, 1.82) is 0 Å². The van der Waals surface area contributed by atoms with Gasteiger partial charge < -0.3 is 5.11 Å². The van der Waals surface area contributed by atoms with Gasteiger partial charge in [0.05, 0.1) is 0 Å². The number of carboxylic acid groups (broad SMARTS) is 1. The zero-order chi connectivity index (χ0) is 11.3. The predicted octanol–water partition coefficient (Wildman–Crippen LogP) is 2.68. The standard InChI is InChI=1S/C10H9N3O2/c1-7(12-13-11)9(10(14)15)8-5-3-2-4-6-8/h2-6,9H,1H2,(H,14,15). The van der Waals surface area contributed by atoms with E-state index in [0.29, 0.717) is 5.56 Å². The molecule has 0 aliphatic carbocycles. The Hall–Kier alpha value is -2.26. The lowest BCUT2D eigenvalue weighted by atomic mass is 9.97. The van der Waals surface area contributed by atoms with E-state index in [-0.39, 0.29) is 5.70 Å². The molecule has 1 aromatic carbocycles. The van der Waals surface area contributed by atoms with Gasteiger partial charge in [-0.15, -0.1) is 0 Å². The second kappa shape index (κ2) is 4.83. The van der Waals surface area contributed by atoms with Crippen LogP contribution in [-0.2, 0) is 4.79 Å². The number of carbonyl (C=O) groups is 1. The number of nitrogens with zero attached hydrogens (tertiary/aromatic N) is 3. The number of hydrogen-bond donors (Lipinski definition) is 1. The predicted molar refractivity (Wildman–Crippen MR) is 55.1 cm³/mol. The molecule has 1 atom stereocenters. The summed E-state index contributed by atoms with van der Waals surface area (Å²) in [5.41, 5.74) is 8.75. The number of rotatable bonds is 4. The van der Waals surface area contributed by atoms with Crippen molar-refractivity contribution in [3.05, 3.63) is 58.6 Å². The average Bonchev–Trinajstić information content (AvgIpc) is 2.19. The summed E-state index contributed by atoms with van der Waals surface area (Å²) >= 11 is 0. The first kappa shape index (κ1) is 10.8. The van der Waals surface area contributed by atoms with E-state index in [1.807, 2.05) is 0 Å². The third-order valence-corrected chi connectivity index (χ3v) is 1.89. The monoisotopic (exact) mass is 203 g/mol. The summed E-state index contributed by atoms with van der Waals surface area (Å²) in [6.45, 7) is 3.44. The van der Waals surface area contributed by atoms with Gasteiger partial charge in [-0.3, -0.25) is 4.79 Å². The molecule has 0 amide bonds. The van der Waals surface area contributed by atoms with Crippen LogP contribution in [0, 0.1) is 0 Å². The fourth-order valence-corrected chi connectivity index (χ4v) is 1.24. The highest BCUT2D eigenvalue weighted by Gasteiger charge is 2.21. The number of aliphatic carboxylic acids is 1. The molecule has 0 aliphatic rings. The zero-order valence-corrected chi connectivity index (χ0v) is 7.87. The highest BCUT2D eigenvalue weighted by atomic mass is 16.4. The van der Waals surface area contributed by atoms with E-state index in [0.717, 1.165) is 0 Å². The van der Waals surface area contributed by atoms with Gasteiger partial charge >= 0.3 is 5.97 Å². The Bertz CT molecular complexity index is 422. The van der Waals surface area contributed by atoms with Gasteiger partial charge in [0, 0.05) is 10.6 Å². The lowest BCUT2D eigenvalue weighted by Gasteiger charge is -2.11. The van der Waals surface area contributed by atoms with Crippen LogP contribution in [-0.4, -0.2) is 11.1 Å². The van der Waals surface area contributed by atoms with Gasteiger partial charge in [0.15, 0.2) is 0 Å². The van der Waals surface area contributed by atoms with E-state index in [1.54, 1.807) is 30.3 Å². The molecule has 0 fully saturated rings.